The van der Waals surface area contributed by atoms with Gasteiger partial charge in [0.25, 0.3) is 0 Å². The van der Waals surface area contributed by atoms with Crippen molar-refractivity contribution in [2.75, 3.05) is 4.90 Å². The molecule has 6 heteroatoms. The van der Waals surface area contributed by atoms with E-state index in [4.69, 9.17) is 4.74 Å². The first-order valence-electron chi connectivity index (χ1n) is 7.62. The van der Waals surface area contributed by atoms with Crippen LogP contribution in [0.1, 0.15) is 5.56 Å². The Kier molecular flexibility index (Phi) is 4.39. The minimum atomic E-state index is -0.0185. The van der Waals surface area contributed by atoms with E-state index in [2.05, 4.69) is 34.3 Å². The zero-order chi connectivity index (χ0) is 15.9. The number of rotatable bonds is 3. The minimum Gasteiger partial charge on any atom is -0.580 e. The van der Waals surface area contributed by atoms with E-state index in [1.54, 1.807) is 22.2 Å². The quantitative estimate of drug-likeness (QED) is 0.386. The predicted molar refractivity (Wildman–Crippen MR) is 92.5 cm³/mol. The summed E-state index contributed by atoms with van der Waals surface area (Å²) in [5, 5.41) is 8.22. The van der Waals surface area contributed by atoms with E-state index in [1.807, 2.05) is 47.4 Å². The maximum atomic E-state index is 6.01. The Morgan fingerprint density at radius 1 is 1.20 bits per heavy atom. The number of aromatic nitrogens is 2. The average molecular weight is 527 g/mol. The van der Waals surface area contributed by atoms with Gasteiger partial charge in [0.1, 0.15) is 6.10 Å². The molecule has 0 saturated carbocycles. The predicted octanol–water partition coefficient (Wildman–Crippen LogP) is 3.48. The van der Waals surface area contributed by atoms with E-state index in [9.17, 15) is 0 Å². The maximum Gasteiger partial charge on any atom is 3.00 e. The molecule has 0 radical (unpaired) electrons. The van der Waals surface area contributed by atoms with Gasteiger partial charge in [0.05, 0.1) is 0 Å². The van der Waals surface area contributed by atoms with Crippen molar-refractivity contribution < 1.29 is 27.1 Å². The first-order valence-corrected chi connectivity index (χ1v) is 8.56. The monoisotopic (exact) mass is 527 g/mol. The number of thiophene rings is 1. The average Bonchev–Trinajstić information content (AvgIpc) is 3.38. The van der Waals surface area contributed by atoms with Crippen molar-refractivity contribution in [3.8, 4) is 5.69 Å². The smallest absolute Gasteiger partial charge is 0.580 e. The van der Waals surface area contributed by atoms with Gasteiger partial charge in [-0.3, -0.25) is 33.7 Å². The van der Waals surface area contributed by atoms with Crippen molar-refractivity contribution in [1.29, 1.82) is 0 Å². The largest absolute Gasteiger partial charge is 3.00 e. The van der Waals surface area contributed by atoms with Crippen LogP contribution in [-0.4, -0.2) is 21.9 Å². The zero-order valence-electron chi connectivity index (χ0n) is 12.9. The van der Waals surface area contributed by atoms with Gasteiger partial charge in [-0.05, 0) is 17.8 Å². The van der Waals surface area contributed by atoms with Crippen LogP contribution in [0.15, 0.2) is 59.7 Å². The summed E-state index contributed by atoms with van der Waals surface area (Å²) in [5.74, 6) is 0.781. The van der Waals surface area contributed by atoms with Gasteiger partial charge in [-0.1, -0.05) is 5.69 Å². The molecule has 0 N–H and O–H groups in total. The summed E-state index contributed by atoms with van der Waals surface area (Å²) in [6.45, 7) is 0. The molecule has 2 atom stereocenters. The summed E-state index contributed by atoms with van der Waals surface area (Å²) in [6, 6.07) is 14.6. The number of fused-ring (bicyclic) bond motifs is 1. The molecule has 0 fully saturated rings. The van der Waals surface area contributed by atoms with Gasteiger partial charge < -0.3 is 9.64 Å². The van der Waals surface area contributed by atoms with Crippen LogP contribution in [0, 0.1) is 18.2 Å². The van der Waals surface area contributed by atoms with Gasteiger partial charge in [0.15, 0.2) is 0 Å². The Hall–Kier alpha value is -2.05. The minimum absolute atomic E-state index is 0. The molecule has 2 aromatic heterocycles. The zero-order valence-corrected chi connectivity index (χ0v) is 15.9. The van der Waals surface area contributed by atoms with Crippen molar-refractivity contribution in [2.24, 2.45) is 0 Å². The normalized spacial score (nSPS) is 20.8. The molecule has 0 aliphatic carbocycles. The van der Waals surface area contributed by atoms with Crippen LogP contribution >= 0.6 is 11.3 Å². The fraction of sp³-hybridized carbons (Fsp3) is 0.105. The number of hydrogen-bond acceptors (Lipinski definition) is 4. The van der Waals surface area contributed by atoms with Gasteiger partial charge in [-0.2, -0.15) is 22.3 Å². The standard InChI is InChI=1S/C19H12N3OS.Au/c1-3-15(11-16(4-1)22-8-2-7-20-22)21-9-5-18-17(21)12-19(23-18)14-6-10-24-13-14;/h1-5,7-10,13,17-18H;/q-3;+3. The Bertz CT molecular complexity index is 918. The molecule has 0 saturated heterocycles. The Morgan fingerprint density at radius 2 is 2.12 bits per heavy atom. The Labute approximate surface area is 165 Å². The van der Waals surface area contributed by atoms with Crippen molar-refractivity contribution >= 4 is 22.8 Å². The summed E-state index contributed by atoms with van der Waals surface area (Å²) in [5.41, 5.74) is 2.85. The van der Waals surface area contributed by atoms with Crippen LogP contribution < -0.4 is 4.90 Å². The fourth-order valence-corrected chi connectivity index (χ4v) is 3.53. The van der Waals surface area contributed by atoms with Crippen molar-refractivity contribution in [3.05, 3.63) is 83.5 Å². The molecule has 4 nitrogen and oxygen atoms in total. The van der Waals surface area contributed by atoms with Gasteiger partial charge in [0.2, 0.25) is 0 Å². The topological polar surface area (TPSA) is 30.3 Å². The molecule has 2 aliphatic rings. The second-order valence-electron chi connectivity index (χ2n) is 5.55. The van der Waals surface area contributed by atoms with Crippen molar-refractivity contribution in [3.63, 3.8) is 0 Å². The number of ether oxygens (including phenoxy) is 1. The SMILES string of the molecule is [Au+3].[C-]1=C(c2[c-]csc2)OC2C=CN(c3[c-]c(-n4cccn4)ccc3)C12. The van der Waals surface area contributed by atoms with Gasteiger partial charge >= 0.3 is 22.4 Å². The van der Waals surface area contributed by atoms with Crippen molar-refractivity contribution in [2.45, 2.75) is 12.1 Å². The van der Waals surface area contributed by atoms with Crippen LogP contribution in [0.5, 0.6) is 0 Å². The van der Waals surface area contributed by atoms with E-state index in [0.29, 0.717) is 0 Å². The summed E-state index contributed by atoms with van der Waals surface area (Å²) in [7, 11) is 0. The second kappa shape index (κ2) is 6.69. The molecule has 2 aliphatic heterocycles. The molecule has 5 rings (SSSR count). The summed E-state index contributed by atoms with van der Waals surface area (Å²) in [6.07, 6.45) is 11.2. The van der Waals surface area contributed by atoms with Gasteiger partial charge in [-0.15, -0.1) is 23.6 Å². The molecule has 3 aromatic rings. The molecule has 25 heavy (non-hydrogen) atoms. The van der Waals surface area contributed by atoms with E-state index in [0.717, 1.165) is 22.7 Å². The number of anilines is 1. The summed E-state index contributed by atoms with van der Waals surface area (Å²) >= 11 is 1.61. The molecule has 1 aromatic carbocycles. The maximum absolute atomic E-state index is 6.01. The van der Waals surface area contributed by atoms with Crippen LogP contribution in [0.3, 0.4) is 0 Å². The van der Waals surface area contributed by atoms with E-state index >= 15 is 0 Å². The van der Waals surface area contributed by atoms with E-state index in [1.165, 1.54) is 0 Å². The first kappa shape index (κ1) is 16.4. The third-order valence-corrected chi connectivity index (χ3v) is 4.71. The molecule has 4 heterocycles. The van der Waals surface area contributed by atoms with Crippen LogP contribution in [0.25, 0.3) is 11.4 Å². The Balaban J connectivity index is 0.00000157. The number of benzene rings is 1. The van der Waals surface area contributed by atoms with Crippen LogP contribution in [0.2, 0.25) is 0 Å². The van der Waals surface area contributed by atoms with Crippen LogP contribution in [0.4, 0.5) is 5.69 Å². The number of nitrogens with zero attached hydrogens (tertiary/aromatic N) is 3. The Morgan fingerprint density at radius 3 is 2.92 bits per heavy atom. The summed E-state index contributed by atoms with van der Waals surface area (Å²) in [4.78, 5) is 2.14. The van der Waals surface area contributed by atoms with Crippen LogP contribution in [-0.2, 0) is 27.1 Å². The third kappa shape index (κ3) is 2.89. The molecule has 126 valence electrons. The van der Waals surface area contributed by atoms with E-state index < -0.39 is 0 Å². The number of hydrogen-bond donors (Lipinski definition) is 0. The fourth-order valence-electron chi connectivity index (χ4n) is 2.96. The van der Waals surface area contributed by atoms with E-state index in [-0.39, 0.29) is 34.5 Å². The molecule has 2 unspecified atom stereocenters. The molecule has 0 spiro atoms. The summed E-state index contributed by atoms with van der Waals surface area (Å²) < 4.78 is 7.81. The third-order valence-electron chi connectivity index (χ3n) is 4.09. The molecule has 0 bridgehead atoms. The van der Waals surface area contributed by atoms with Gasteiger partial charge in [-0.25, -0.2) is 0 Å². The van der Waals surface area contributed by atoms with Crippen molar-refractivity contribution in [1.82, 2.24) is 9.78 Å². The molecular weight excluding hydrogens is 515 g/mol. The second-order valence-corrected chi connectivity index (χ2v) is 6.29. The molecular formula is C19H12AuN3OS. The molecule has 0 amide bonds. The first-order chi connectivity index (χ1) is 11.9. The van der Waals surface area contributed by atoms with Gasteiger partial charge in [0, 0.05) is 24.6 Å².